The van der Waals surface area contributed by atoms with Crippen molar-refractivity contribution in [2.45, 2.75) is 33.4 Å². The summed E-state index contributed by atoms with van der Waals surface area (Å²) in [4.78, 5) is 26.6. The molecule has 42 heavy (non-hydrogen) atoms. The second kappa shape index (κ2) is 12.2. The zero-order chi connectivity index (χ0) is 29.1. The summed E-state index contributed by atoms with van der Waals surface area (Å²) >= 11 is 3.17. The van der Waals surface area contributed by atoms with Gasteiger partial charge in [-0.3, -0.25) is 9.36 Å². The average molecular weight is 594 g/mol. The number of halogens is 1. The van der Waals surface area contributed by atoms with Crippen LogP contribution in [-0.2, 0) is 19.6 Å². The first kappa shape index (κ1) is 27.8. The summed E-state index contributed by atoms with van der Waals surface area (Å²) in [5, 5.41) is 0.991. The number of aromatic nitrogens is 3. The van der Waals surface area contributed by atoms with Gasteiger partial charge in [0.25, 0.3) is 5.56 Å². The van der Waals surface area contributed by atoms with E-state index in [4.69, 9.17) is 9.72 Å². The van der Waals surface area contributed by atoms with E-state index in [1.807, 2.05) is 92.8 Å². The number of thiazole rings is 1. The Hall–Kier alpha value is -4.40. The van der Waals surface area contributed by atoms with Crippen LogP contribution in [-0.4, -0.2) is 14.5 Å². The molecule has 0 radical (unpaired) electrons. The maximum Gasteiger partial charge on any atom is 0.262 e. The fourth-order valence-corrected chi connectivity index (χ4v) is 6.83. The molecule has 0 saturated heterocycles. The number of rotatable bonds is 9. The quantitative estimate of drug-likeness (QED) is 0.169. The van der Waals surface area contributed by atoms with E-state index in [1.54, 1.807) is 39.4 Å². The van der Waals surface area contributed by atoms with E-state index >= 15 is 4.39 Å². The molecule has 3 aromatic heterocycles. The van der Waals surface area contributed by atoms with Gasteiger partial charge in [0, 0.05) is 22.5 Å². The van der Waals surface area contributed by atoms with Crippen LogP contribution in [0.4, 0.5) is 4.39 Å². The highest BCUT2D eigenvalue weighted by molar-refractivity contribution is 7.23. The Balaban J connectivity index is 1.46. The number of benzene rings is 3. The minimum Gasteiger partial charge on any atom is -0.485 e. The number of hydrogen-bond acceptors (Lipinski definition) is 6. The highest BCUT2D eigenvalue weighted by Gasteiger charge is 2.22. The maximum absolute atomic E-state index is 15.3. The molecule has 0 N–H and O–H groups in total. The predicted molar refractivity (Wildman–Crippen MR) is 169 cm³/mol. The summed E-state index contributed by atoms with van der Waals surface area (Å²) in [5.74, 6) is -0.0424. The molecule has 0 unspecified atom stereocenters. The second-order valence-corrected chi connectivity index (χ2v) is 12.2. The Kier molecular flexibility index (Phi) is 8.08. The molecule has 0 spiro atoms. The van der Waals surface area contributed by atoms with Crippen molar-refractivity contribution < 1.29 is 9.13 Å². The molecule has 0 aliphatic rings. The third-order valence-corrected chi connectivity index (χ3v) is 9.18. The van der Waals surface area contributed by atoms with Crippen molar-refractivity contribution in [2.24, 2.45) is 0 Å². The Morgan fingerprint density at radius 3 is 2.24 bits per heavy atom. The van der Waals surface area contributed by atoms with E-state index in [0.717, 1.165) is 30.8 Å². The first-order chi connectivity index (χ1) is 20.5. The lowest BCUT2D eigenvalue weighted by atomic mass is 10.1. The third-order valence-electron chi connectivity index (χ3n) is 6.97. The number of ether oxygens (including phenoxy) is 1. The van der Waals surface area contributed by atoms with Crippen molar-refractivity contribution in [3.63, 3.8) is 0 Å². The van der Waals surface area contributed by atoms with Crippen LogP contribution in [0.2, 0.25) is 0 Å². The van der Waals surface area contributed by atoms with Crippen LogP contribution in [0.1, 0.15) is 21.8 Å². The van der Waals surface area contributed by atoms with Crippen LogP contribution in [0, 0.1) is 19.7 Å². The zero-order valence-electron chi connectivity index (χ0n) is 23.2. The molecule has 6 rings (SSSR count). The first-order valence-corrected chi connectivity index (χ1v) is 15.2. The van der Waals surface area contributed by atoms with Crippen molar-refractivity contribution in [1.82, 2.24) is 14.5 Å². The monoisotopic (exact) mass is 593 g/mol. The molecule has 6 aromatic rings. The minimum atomic E-state index is -0.503. The van der Waals surface area contributed by atoms with E-state index in [0.29, 0.717) is 35.6 Å². The Labute approximate surface area is 251 Å². The SMILES string of the molecule is Cc1ncc(-c2ccc(-c3c(C)nc(-c4cccc(F)c4OCc4ccccc4)n(CCc4ccccc4)c3=O)s2)s1. The van der Waals surface area contributed by atoms with Crippen LogP contribution in [0.3, 0.4) is 0 Å². The molecule has 0 saturated carbocycles. The largest absolute Gasteiger partial charge is 0.485 e. The van der Waals surface area contributed by atoms with Crippen molar-refractivity contribution in [2.75, 3.05) is 0 Å². The van der Waals surface area contributed by atoms with Crippen molar-refractivity contribution in [1.29, 1.82) is 0 Å². The van der Waals surface area contributed by atoms with Gasteiger partial charge in [-0.1, -0.05) is 66.7 Å². The lowest BCUT2D eigenvalue weighted by Crippen LogP contribution is -2.27. The Morgan fingerprint density at radius 1 is 0.810 bits per heavy atom. The van der Waals surface area contributed by atoms with Gasteiger partial charge < -0.3 is 4.74 Å². The number of thiophene rings is 1. The maximum atomic E-state index is 15.3. The molecule has 0 atom stereocenters. The van der Waals surface area contributed by atoms with Gasteiger partial charge in [-0.15, -0.1) is 22.7 Å². The van der Waals surface area contributed by atoms with Crippen molar-refractivity contribution >= 4 is 22.7 Å². The lowest BCUT2D eigenvalue weighted by Gasteiger charge is -2.18. The van der Waals surface area contributed by atoms with E-state index < -0.39 is 5.82 Å². The van der Waals surface area contributed by atoms with Crippen LogP contribution in [0.25, 0.3) is 31.6 Å². The van der Waals surface area contributed by atoms with Gasteiger partial charge in [-0.05, 0) is 55.7 Å². The molecular formula is C34H28FN3O2S2. The highest BCUT2D eigenvalue weighted by Crippen LogP contribution is 2.38. The third kappa shape index (κ3) is 5.82. The summed E-state index contributed by atoms with van der Waals surface area (Å²) < 4.78 is 23.0. The molecule has 210 valence electrons. The van der Waals surface area contributed by atoms with Gasteiger partial charge in [-0.2, -0.15) is 0 Å². The van der Waals surface area contributed by atoms with Crippen LogP contribution in [0.15, 0.2) is 102 Å². The Morgan fingerprint density at radius 2 is 1.52 bits per heavy atom. The number of aryl methyl sites for hydroxylation is 3. The molecule has 0 amide bonds. The summed E-state index contributed by atoms with van der Waals surface area (Å²) in [6.45, 7) is 4.38. The number of para-hydroxylation sites is 1. The second-order valence-electron chi connectivity index (χ2n) is 9.89. The molecule has 3 heterocycles. The molecular weight excluding hydrogens is 566 g/mol. The zero-order valence-corrected chi connectivity index (χ0v) is 24.8. The number of hydrogen-bond donors (Lipinski definition) is 0. The van der Waals surface area contributed by atoms with Crippen molar-refractivity contribution in [3.05, 3.63) is 135 Å². The van der Waals surface area contributed by atoms with E-state index in [9.17, 15) is 4.79 Å². The Bertz CT molecular complexity index is 1900. The molecule has 0 aliphatic heterocycles. The molecule has 0 aliphatic carbocycles. The van der Waals surface area contributed by atoms with E-state index in [1.165, 1.54) is 6.07 Å². The van der Waals surface area contributed by atoms with Gasteiger partial charge in [0.15, 0.2) is 11.6 Å². The van der Waals surface area contributed by atoms with Gasteiger partial charge in [0.2, 0.25) is 0 Å². The predicted octanol–water partition coefficient (Wildman–Crippen LogP) is 8.34. The summed E-state index contributed by atoms with van der Waals surface area (Å²) in [6, 6.07) is 28.4. The standard InChI is InChI=1S/C34H28FN3O2S2/c1-22-31(29-17-16-28(42-29)30-20-36-23(2)41-30)34(39)38(19-18-24-10-5-3-6-11-24)33(37-22)26-14-9-15-27(35)32(26)40-21-25-12-7-4-8-13-25/h3-17,20H,18-19,21H2,1-2H3. The fraction of sp³-hybridized carbons (Fsp3) is 0.147. The summed E-state index contributed by atoms with van der Waals surface area (Å²) in [5.41, 5.74) is 3.41. The molecule has 3 aromatic carbocycles. The van der Waals surface area contributed by atoms with Gasteiger partial charge in [-0.25, -0.2) is 14.4 Å². The number of nitrogens with zero attached hydrogens (tertiary/aromatic N) is 3. The smallest absolute Gasteiger partial charge is 0.262 e. The fourth-order valence-electron chi connectivity index (χ4n) is 4.88. The van der Waals surface area contributed by atoms with Gasteiger partial charge in [0.05, 0.1) is 26.7 Å². The topological polar surface area (TPSA) is 57.0 Å². The van der Waals surface area contributed by atoms with Gasteiger partial charge in [0.1, 0.15) is 12.4 Å². The highest BCUT2D eigenvalue weighted by atomic mass is 32.1. The normalized spacial score (nSPS) is 11.1. The molecule has 0 bridgehead atoms. The van der Waals surface area contributed by atoms with E-state index in [-0.39, 0.29) is 17.9 Å². The van der Waals surface area contributed by atoms with Crippen LogP contribution in [0.5, 0.6) is 5.75 Å². The minimum absolute atomic E-state index is 0.0767. The van der Waals surface area contributed by atoms with Gasteiger partial charge >= 0.3 is 0 Å². The van der Waals surface area contributed by atoms with Crippen molar-refractivity contribution in [3.8, 4) is 37.3 Å². The first-order valence-electron chi connectivity index (χ1n) is 13.6. The summed E-state index contributed by atoms with van der Waals surface area (Å²) in [7, 11) is 0. The van der Waals surface area contributed by atoms with E-state index in [2.05, 4.69) is 4.98 Å². The molecule has 8 heteroatoms. The van der Waals surface area contributed by atoms with Crippen LogP contribution < -0.4 is 10.3 Å². The summed E-state index contributed by atoms with van der Waals surface area (Å²) in [6.07, 6.45) is 2.48. The lowest BCUT2D eigenvalue weighted by molar-refractivity contribution is 0.291. The molecule has 5 nitrogen and oxygen atoms in total. The van der Waals surface area contributed by atoms with Crippen LogP contribution >= 0.6 is 22.7 Å². The average Bonchev–Trinajstić information content (AvgIpc) is 3.66. The molecule has 0 fully saturated rings.